The molecule has 1 aromatic heterocycles. The van der Waals surface area contributed by atoms with Gasteiger partial charge in [-0.3, -0.25) is 9.36 Å². The lowest BCUT2D eigenvalue weighted by atomic mass is 10.1. The van der Waals surface area contributed by atoms with Gasteiger partial charge in [-0.25, -0.2) is 9.37 Å². The van der Waals surface area contributed by atoms with E-state index in [1.54, 1.807) is 34.5 Å². The molecule has 140 valence electrons. The van der Waals surface area contributed by atoms with E-state index < -0.39 is 0 Å². The highest BCUT2D eigenvalue weighted by Crippen LogP contribution is 2.24. The number of hydrogen-bond donors (Lipinski definition) is 0. The molecule has 0 saturated carbocycles. The van der Waals surface area contributed by atoms with Gasteiger partial charge in [0.05, 0.1) is 23.6 Å². The van der Waals surface area contributed by atoms with Crippen LogP contribution in [0.1, 0.15) is 24.8 Å². The first kappa shape index (κ1) is 18.2. The Hall–Kier alpha value is -2.18. The number of nitrogens with zero attached hydrogens (tertiary/aromatic N) is 2. The van der Waals surface area contributed by atoms with Crippen LogP contribution < -0.4 is 5.56 Å². The average molecular weight is 384 g/mol. The van der Waals surface area contributed by atoms with Crippen molar-refractivity contribution in [2.75, 3.05) is 12.4 Å². The van der Waals surface area contributed by atoms with Crippen molar-refractivity contribution in [2.24, 2.45) is 0 Å². The number of fused-ring (bicyclic) bond motifs is 1. The maximum atomic E-state index is 13.2. The van der Waals surface area contributed by atoms with Gasteiger partial charge in [0, 0.05) is 12.4 Å². The average Bonchev–Trinajstić information content (AvgIpc) is 2.71. The van der Waals surface area contributed by atoms with Gasteiger partial charge in [0.2, 0.25) is 0 Å². The van der Waals surface area contributed by atoms with Crippen molar-refractivity contribution in [1.29, 1.82) is 0 Å². The van der Waals surface area contributed by atoms with Crippen LogP contribution in [0.15, 0.2) is 58.5 Å². The third-order valence-corrected chi connectivity index (χ3v) is 5.86. The van der Waals surface area contributed by atoms with Crippen LogP contribution in [0, 0.1) is 5.82 Å². The summed E-state index contributed by atoms with van der Waals surface area (Å²) in [5, 5.41) is 1.27. The van der Waals surface area contributed by atoms with E-state index >= 15 is 0 Å². The summed E-state index contributed by atoms with van der Waals surface area (Å²) in [6.07, 6.45) is 3.54. The van der Waals surface area contributed by atoms with Gasteiger partial charge < -0.3 is 4.74 Å². The van der Waals surface area contributed by atoms with E-state index in [9.17, 15) is 9.18 Å². The summed E-state index contributed by atoms with van der Waals surface area (Å²) in [6, 6.07) is 13.6. The molecule has 2 heterocycles. The van der Waals surface area contributed by atoms with Crippen LogP contribution >= 0.6 is 11.8 Å². The molecule has 1 aliphatic heterocycles. The van der Waals surface area contributed by atoms with Crippen LogP contribution in [0.4, 0.5) is 4.39 Å². The molecule has 1 atom stereocenters. The lowest BCUT2D eigenvalue weighted by Gasteiger charge is -2.22. The van der Waals surface area contributed by atoms with Crippen LogP contribution in [0.25, 0.3) is 10.9 Å². The third kappa shape index (κ3) is 4.22. The second-order valence-corrected chi connectivity index (χ2v) is 7.72. The number of benzene rings is 2. The van der Waals surface area contributed by atoms with Gasteiger partial charge in [-0.1, -0.05) is 36.0 Å². The van der Waals surface area contributed by atoms with E-state index in [1.807, 2.05) is 18.2 Å². The SMILES string of the molecule is O=c1c2ccccc2nc(SC[C@H]2CCCCO2)n1Cc1ccc(F)cc1. The number of para-hydroxylation sites is 1. The Morgan fingerprint density at radius 3 is 2.74 bits per heavy atom. The van der Waals surface area contributed by atoms with Gasteiger partial charge in [-0.05, 0) is 49.1 Å². The van der Waals surface area contributed by atoms with Crippen molar-refractivity contribution in [3.63, 3.8) is 0 Å². The molecule has 1 aliphatic rings. The van der Waals surface area contributed by atoms with E-state index in [0.717, 1.165) is 30.8 Å². The van der Waals surface area contributed by atoms with Crippen LogP contribution in [0.2, 0.25) is 0 Å². The second kappa shape index (κ2) is 8.23. The quantitative estimate of drug-likeness (QED) is 0.487. The fourth-order valence-corrected chi connectivity index (χ4v) is 4.34. The molecular formula is C21H21FN2O2S. The molecule has 4 nitrogen and oxygen atoms in total. The van der Waals surface area contributed by atoms with Crippen molar-refractivity contribution < 1.29 is 9.13 Å². The third-order valence-electron chi connectivity index (χ3n) is 4.75. The monoisotopic (exact) mass is 384 g/mol. The Kier molecular flexibility index (Phi) is 5.55. The van der Waals surface area contributed by atoms with E-state index in [-0.39, 0.29) is 17.5 Å². The number of aromatic nitrogens is 2. The highest BCUT2D eigenvalue weighted by molar-refractivity contribution is 7.99. The molecule has 0 radical (unpaired) electrons. The maximum absolute atomic E-state index is 13.2. The number of halogens is 1. The Labute approximate surface area is 161 Å². The predicted octanol–water partition coefficient (Wildman–Crippen LogP) is 4.25. The van der Waals surface area contributed by atoms with Crippen LogP contribution in [0.5, 0.6) is 0 Å². The fraction of sp³-hybridized carbons (Fsp3) is 0.333. The van der Waals surface area contributed by atoms with Crippen molar-refractivity contribution in [3.05, 3.63) is 70.3 Å². The molecule has 1 fully saturated rings. The summed E-state index contributed by atoms with van der Waals surface area (Å²) in [5.41, 5.74) is 1.49. The van der Waals surface area contributed by atoms with Crippen molar-refractivity contribution in [2.45, 2.75) is 37.1 Å². The molecule has 1 saturated heterocycles. The zero-order chi connectivity index (χ0) is 18.6. The lowest BCUT2D eigenvalue weighted by Crippen LogP contribution is -2.26. The summed E-state index contributed by atoms with van der Waals surface area (Å²) in [7, 11) is 0. The zero-order valence-corrected chi connectivity index (χ0v) is 15.8. The normalized spacial score (nSPS) is 17.3. The van der Waals surface area contributed by atoms with Gasteiger partial charge in [0.25, 0.3) is 5.56 Å². The van der Waals surface area contributed by atoms with Crippen LogP contribution in [-0.2, 0) is 11.3 Å². The minimum atomic E-state index is -0.285. The molecule has 6 heteroatoms. The van der Waals surface area contributed by atoms with Crippen LogP contribution in [0.3, 0.4) is 0 Å². The van der Waals surface area contributed by atoms with Gasteiger partial charge in [0.1, 0.15) is 5.82 Å². The standard InChI is InChI=1S/C21H21FN2O2S/c22-16-10-8-15(9-11-16)13-24-20(25)18-6-1-2-7-19(18)23-21(24)27-14-17-5-3-4-12-26-17/h1-2,6-11,17H,3-5,12-14H2/t17-/m1/s1. The second-order valence-electron chi connectivity index (χ2n) is 6.73. The smallest absolute Gasteiger partial charge is 0.262 e. The molecular weight excluding hydrogens is 363 g/mol. The fourth-order valence-electron chi connectivity index (χ4n) is 3.28. The molecule has 4 rings (SSSR count). The maximum Gasteiger partial charge on any atom is 0.262 e. The zero-order valence-electron chi connectivity index (χ0n) is 14.9. The Bertz CT molecular complexity index is 982. The predicted molar refractivity (Wildman–Crippen MR) is 106 cm³/mol. The number of thioether (sulfide) groups is 1. The van der Waals surface area contributed by atoms with Crippen LogP contribution in [-0.4, -0.2) is 28.0 Å². The largest absolute Gasteiger partial charge is 0.377 e. The Morgan fingerprint density at radius 1 is 1.15 bits per heavy atom. The summed E-state index contributed by atoms with van der Waals surface area (Å²) in [4.78, 5) is 17.8. The lowest BCUT2D eigenvalue weighted by molar-refractivity contribution is 0.0315. The molecule has 0 bridgehead atoms. The van der Waals surface area contributed by atoms with Gasteiger partial charge in [-0.15, -0.1) is 0 Å². The molecule has 0 N–H and O–H groups in total. The summed E-state index contributed by atoms with van der Waals surface area (Å²) in [5.74, 6) is 0.487. The molecule has 2 aromatic carbocycles. The minimum Gasteiger partial charge on any atom is -0.377 e. The van der Waals surface area contributed by atoms with E-state index in [1.165, 1.54) is 18.6 Å². The number of rotatable bonds is 5. The van der Waals surface area contributed by atoms with Gasteiger partial charge in [-0.2, -0.15) is 0 Å². The highest BCUT2D eigenvalue weighted by Gasteiger charge is 2.17. The number of ether oxygens (including phenoxy) is 1. The van der Waals surface area contributed by atoms with Gasteiger partial charge in [0.15, 0.2) is 5.16 Å². The first-order valence-corrected chi connectivity index (χ1v) is 10.2. The Morgan fingerprint density at radius 2 is 1.96 bits per heavy atom. The topological polar surface area (TPSA) is 44.1 Å². The van der Waals surface area contributed by atoms with Crippen molar-refractivity contribution in [1.82, 2.24) is 9.55 Å². The number of hydrogen-bond acceptors (Lipinski definition) is 4. The first-order chi connectivity index (χ1) is 13.2. The molecule has 0 aliphatic carbocycles. The molecule has 3 aromatic rings. The molecule has 27 heavy (non-hydrogen) atoms. The molecule has 0 amide bonds. The van der Waals surface area contributed by atoms with Gasteiger partial charge >= 0.3 is 0 Å². The molecule has 0 spiro atoms. The molecule has 0 unspecified atom stereocenters. The summed E-state index contributed by atoms with van der Waals surface area (Å²) in [6.45, 7) is 1.17. The van der Waals surface area contributed by atoms with Crippen molar-refractivity contribution >= 4 is 22.7 Å². The Balaban J connectivity index is 1.68. The summed E-state index contributed by atoms with van der Waals surface area (Å²) < 4.78 is 20.7. The van der Waals surface area contributed by atoms with E-state index in [2.05, 4.69) is 0 Å². The minimum absolute atomic E-state index is 0.0722. The van der Waals surface area contributed by atoms with Crippen molar-refractivity contribution in [3.8, 4) is 0 Å². The van der Waals surface area contributed by atoms with E-state index in [0.29, 0.717) is 22.6 Å². The summed E-state index contributed by atoms with van der Waals surface area (Å²) >= 11 is 1.56. The van der Waals surface area contributed by atoms with E-state index in [4.69, 9.17) is 9.72 Å². The first-order valence-electron chi connectivity index (χ1n) is 9.19. The highest BCUT2D eigenvalue weighted by atomic mass is 32.2.